The number of aromatic amines is 1. The van der Waals surface area contributed by atoms with Crippen molar-refractivity contribution in [3.05, 3.63) is 23.8 Å². The normalized spacial score (nSPS) is 17.9. The molecule has 0 unspecified atom stereocenters. The van der Waals surface area contributed by atoms with Gasteiger partial charge >= 0.3 is 0 Å². The second kappa shape index (κ2) is 7.48. The molecule has 2 aliphatic rings. The van der Waals surface area contributed by atoms with Crippen LogP contribution in [0.25, 0.3) is 33.6 Å². The second-order valence-electron chi connectivity index (χ2n) is 9.81. The zero-order valence-corrected chi connectivity index (χ0v) is 19.7. The highest BCUT2D eigenvalue weighted by molar-refractivity contribution is 5.88. The minimum atomic E-state index is -0.462. The number of imidazole rings is 1. The van der Waals surface area contributed by atoms with Gasteiger partial charge in [-0.1, -0.05) is 13.3 Å². The van der Waals surface area contributed by atoms with E-state index < -0.39 is 5.60 Å². The van der Waals surface area contributed by atoms with Crippen molar-refractivity contribution in [1.82, 2.24) is 34.7 Å². The molecule has 1 aliphatic carbocycles. The van der Waals surface area contributed by atoms with E-state index in [0.717, 1.165) is 70.5 Å². The number of fused-ring (bicyclic) bond motifs is 4. The SMILES string of the molecule is CCc1n[nH]c2ncc(-c3nc(N(C)CC4CCC4)c4nc5n(c4n3)CCOC5(C)C)cc12. The number of rotatable bonds is 5. The van der Waals surface area contributed by atoms with E-state index in [1.807, 2.05) is 6.20 Å². The van der Waals surface area contributed by atoms with Gasteiger partial charge in [-0.15, -0.1) is 0 Å². The van der Waals surface area contributed by atoms with E-state index in [4.69, 9.17) is 19.7 Å². The van der Waals surface area contributed by atoms with E-state index in [1.165, 1.54) is 19.3 Å². The minimum Gasteiger partial charge on any atom is -0.366 e. The highest BCUT2D eigenvalue weighted by atomic mass is 16.5. The molecule has 1 saturated carbocycles. The lowest BCUT2D eigenvalue weighted by atomic mass is 9.85. The molecule has 1 N–H and O–H groups in total. The fourth-order valence-corrected chi connectivity index (χ4v) is 5.01. The van der Waals surface area contributed by atoms with Crippen LogP contribution in [0.5, 0.6) is 0 Å². The van der Waals surface area contributed by atoms with Crippen molar-refractivity contribution in [1.29, 1.82) is 0 Å². The molecule has 172 valence electrons. The molecule has 0 spiro atoms. The summed E-state index contributed by atoms with van der Waals surface area (Å²) in [6.45, 7) is 8.59. The van der Waals surface area contributed by atoms with Crippen LogP contribution in [0.1, 0.15) is 51.6 Å². The Morgan fingerprint density at radius 1 is 1.24 bits per heavy atom. The maximum Gasteiger partial charge on any atom is 0.166 e. The monoisotopic (exact) mass is 446 g/mol. The zero-order chi connectivity index (χ0) is 22.7. The molecule has 0 radical (unpaired) electrons. The molecule has 0 bridgehead atoms. The first-order chi connectivity index (χ1) is 15.9. The third kappa shape index (κ3) is 3.28. The van der Waals surface area contributed by atoms with Crippen molar-refractivity contribution in [2.24, 2.45) is 5.92 Å². The number of hydrogen-bond donors (Lipinski definition) is 1. The lowest BCUT2D eigenvalue weighted by Gasteiger charge is -2.30. The van der Waals surface area contributed by atoms with Gasteiger partial charge in [0.1, 0.15) is 11.4 Å². The van der Waals surface area contributed by atoms with Gasteiger partial charge < -0.3 is 14.2 Å². The molecule has 9 heteroatoms. The Morgan fingerprint density at radius 3 is 2.85 bits per heavy atom. The first-order valence-electron chi connectivity index (χ1n) is 11.9. The van der Waals surface area contributed by atoms with Crippen LogP contribution in [0.2, 0.25) is 0 Å². The fourth-order valence-electron chi connectivity index (χ4n) is 5.01. The molecule has 4 aromatic rings. The summed E-state index contributed by atoms with van der Waals surface area (Å²) >= 11 is 0. The fraction of sp³-hybridized carbons (Fsp3) is 0.542. The van der Waals surface area contributed by atoms with E-state index in [0.29, 0.717) is 12.4 Å². The van der Waals surface area contributed by atoms with Crippen LogP contribution >= 0.6 is 0 Å². The predicted octanol–water partition coefficient (Wildman–Crippen LogP) is 3.83. The van der Waals surface area contributed by atoms with Crippen LogP contribution in [-0.2, 0) is 23.3 Å². The van der Waals surface area contributed by atoms with Crippen LogP contribution in [0, 0.1) is 5.92 Å². The van der Waals surface area contributed by atoms with Gasteiger partial charge in [-0.2, -0.15) is 5.10 Å². The summed E-state index contributed by atoms with van der Waals surface area (Å²) in [5.74, 6) is 3.17. The standard InChI is InChI=1S/C24H30N8O/c1-5-17-16-11-15(12-25-20(16)30-29-17)19-27-21(31(4)13-14-7-6-8-14)18-22(28-19)32-9-10-33-24(2,3)23(32)26-18/h11-12,14H,5-10,13H2,1-4H3,(H,25,29,30). The smallest absolute Gasteiger partial charge is 0.166 e. The molecule has 5 heterocycles. The number of ether oxygens (including phenoxy) is 1. The highest BCUT2D eigenvalue weighted by Gasteiger charge is 2.34. The zero-order valence-electron chi connectivity index (χ0n) is 19.7. The Labute approximate surface area is 192 Å². The van der Waals surface area contributed by atoms with E-state index in [1.54, 1.807) is 0 Å². The van der Waals surface area contributed by atoms with Crippen LogP contribution in [0.15, 0.2) is 12.3 Å². The van der Waals surface area contributed by atoms with E-state index in [9.17, 15) is 0 Å². The van der Waals surface area contributed by atoms with Gasteiger partial charge in [0.2, 0.25) is 0 Å². The van der Waals surface area contributed by atoms with Crippen LogP contribution < -0.4 is 4.90 Å². The van der Waals surface area contributed by atoms with Crippen LogP contribution in [0.4, 0.5) is 5.82 Å². The van der Waals surface area contributed by atoms with Crippen molar-refractivity contribution in [2.75, 3.05) is 25.1 Å². The Hall–Kier alpha value is -3.07. The number of H-pyrrole nitrogens is 1. The molecule has 1 aliphatic heterocycles. The molecule has 4 aromatic heterocycles. The summed E-state index contributed by atoms with van der Waals surface area (Å²) in [5.41, 5.74) is 3.94. The summed E-state index contributed by atoms with van der Waals surface area (Å²) in [4.78, 5) is 21.9. The topological polar surface area (TPSA) is 97.6 Å². The van der Waals surface area contributed by atoms with E-state index >= 15 is 0 Å². The average Bonchev–Trinajstić information content (AvgIpc) is 3.37. The molecule has 9 nitrogen and oxygen atoms in total. The number of aromatic nitrogens is 7. The summed E-state index contributed by atoms with van der Waals surface area (Å²) in [5, 5.41) is 8.43. The lowest BCUT2D eigenvalue weighted by molar-refractivity contribution is -0.0530. The number of aryl methyl sites for hydroxylation is 1. The first kappa shape index (κ1) is 20.5. The lowest BCUT2D eigenvalue weighted by Crippen LogP contribution is -2.33. The summed E-state index contributed by atoms with van der Waals surface area (Å²) in [7, 11) is 2.12. The Kier molecular flexibility index (Phi) is 4.65. The van der Waals surface area contributed by atoms with Gasteiger partial charge in [0.25, 0.3) is 0 Å². The van der Waals surface area contributed by atoms with Gasteiger partial charge in [0.15, 0.2) is 28.5 Å². The number of nitrogens with one attached hydrogen (secondary N) is 1. The molecule has 0 aromatic carbocycles. The molecular formula is C24H30N8O. The highest BCUT2D eigenvalue weighted by Crippen LogP contribution is 2.36. The summed E-state index contributed by atoms with van der Waals surface area (Å²) < 4.78 is 8.23. The maximum absolute atomic E-state index is 6.03. The van der Waals surface area contributed by atoms with Crippen molar-refractivity contribution >= 4 is 28.0 Å². The van der Waals surface area contributed by atoms with Crippen LogP contribution in [0.3, 0.4) is 0 Å². The number of hydrogen-bond acceptors (Lipinski definition) is 7. The average molecular weight is 447 g/mol. The summed E-state index contributed by atoms with van der Waals surface area (Å²) in [6.07, 6.45) is 6.56. The van der Waals surface area contributed by atoms with E-state index in [2.05, 4.69) is 58.5 Å². The Bertz CT molecular complexity index is 1350. The van der Waals surface area contributed by atoms with Crippen molar-refractivity contribution in [3.63, 3.8) is 0 Å². The number of pyridine rings is 1. The quantitative estimate of drug-likeness (QED) is 0.497. The third-order valence-corrected chi connectivity index (χ3v) is 7.10. The molecular weight excluding hydrogens is 416 g/mol. The van der Waals surface area contributed by atoms with E-state index in [-0.39, 0.29) is 0 Å². The maximum atomic E-state index is 6.03. The third-order valence-electron chi connectivity index (χ3n) is 7.10. The van der Waals surface area contributed by atoms with Gasteiger partial charge in [-0.3, -0.25) is 5.10 Å². The molecule has 0 amide bonds. The number of nitrogens with zero attached hydrogens (tertiary/aromatic N) is 7. The molecule has 6 rings (SSSR count). The van der Waals surface area contributed by atoms with Gasteiger partial charge in [-0.25, -0.2) is 19.9 Å². The van der Waals surface area contributed by atoms with Crippen molar-refractivity contribution in [3.8, 4) is 11.4 Å². The molecule has 33 heavy (non-hydrogen) atoms. The van der Waals surface area contributed by atoms with Crippen LogP contribution in [-0.4, -0.2) is 54.9 Å². The molecule has 1 fully saturated rings. The molecule has 0 atom stereocenters. The minimum absolute atomic E-state index is 0.462. The predicted molar refractivity (Wildman–Crippen MR) is 127 cm³/mol. The largest absolute Gasteiger partial charge is 0.366 e. The summed E-state index contributed by atoms with van der Waals surface area (Å²) in [6, 6.07) is 2.10. The van der Waals surface area contributed by atoms with Crippen molar-refractivity contribution in [2.45, 2.75) is 58.6 Å². The Balaban J connectivity index is 1.55. The van der Waals surface area contributed by atoms with Gasteiger partial charge in [-0.05, 0) is 45.1 Å². The first-order valence-corrected chi connectivity index (χ1v) is 11.9. The molecule has 0 saturated heterocycles. The Morgan fingerprint density at radius 2 is 2.09 bits per heavy atom. The second-order valence-corrected chi connectivity index (χ2v) is 9.81. The number of anilines is 1. The van der Waals surface area contributed by atoms with Gasteiger partial charge in [0.05, 0.1) is 12.3 Å². The van der Waals surface area contributed by atoms with Gasteiger partial charge in [0, 0.05) is 37.3 Å². The van der Waals surface area contributed by atoms with Crippen molar-refractivity contribution < 1.29 is 4.74 Å².